The Hall–Kier alpha value is -1.88. The molecule has 0 aliphatic heterocycles. The Morgan fingerprint density at radius 1 is 0.850 bits per heavy atom. The number of fused-ring (bicyclic) bond motifs is 2. The van der Waals surface area contributed by atoms with Gasteiger partial charge in [0.2, 0.25) is 0 Å². The molecule has 1 aromatic heterocycles. The molecule has 1 aliphatic rings. The zero-order valence-electron chi connectivity index (χ0n) is 10.8. The maximum atomic E-state index is 4.59. The molecule has 0 N–H and O–H groups in total. The summed E-state index contributed by atoms with van der Waals surface area (Å²) < 4.78 is 1.27. The fourth-order valence-electron chi connectivity index (χ4n) is 2.98. The SMILES string of the molecule is [Cr][C]1=Cc2ccccc2C1c1cccc2cccnc12. The Kier molecular flexibility index (Phi) is 2.74. The fraction of sp³-hybridized carbons (Fsp3) is 0.0556. The summed E-state index contributed by atoms with van der Waals surface area (Å²) >= 11 is 3.23. The van der Waals surface area contributed by atoms with Gasteiger partial charge in [0.15, 0.2) is 0 Å². The van der Waals surface area contributed by atoms with Gasteiger partial charge in [-0.2, -0.15) is 0 Å². The number of hydrogen-bond donors (Lipinski definition) is 0. The van der Waals surface area contributed by atoms with Crippen LogP contribution in [0.5, 0.6) is 0 Å². The zero-order valence-corrected chi connectivity index (χ0v) is 12.1. The first-order chi connectivity index (χ1) is 9.84. The van der Waals surface area contributed by atoms with Gasteiger partial charge in [-0.15, -0.1) is 0 Å². The molecule has 0 bridgehead atoms. The van der Waals surface area contributed by atoms with Crippen LogP contribution in [-0.4, -0.2) is 4.98 Å². The number of nitrogens with zero attached hydrogens (tertiary/aromatic N) is 1. The van der Waals surface area contributed by atoms with Gasteiger partial charge in [0.25, 0.3) is 0 Å². The van der Waals surface area contributed by atoms with Gasteiger partial charge in [0.05, 0.1) is 0 Å². The summed E-state index contributed by atoms with van der Waals surface area (Å²) in [5, 5.41) is 1.20. The Bertz CT molecular complexity index is 830. The van der Waals surface area contributed by atoms with E-state index in [-0.39, 0.29) is 5.92 Å². The number of allylic oxidation sites excluding steroid dienone is 1. The van der Waals surface area contributed by atoms with E-state index in [1.807, 2.05) is 12.3 Å². The van der Waals surface area contributed by atoms with Crippen LogP contribution in [0, 0.1) is 0 Å². The third-order valence-electron chi connectivity index (χ3n) is 3.86. The summed E-state index contributed by atoms with van der Waals surface area (Å²) in [7, 11) is 0. The summed E-state index contributed by atoms with van der Waals surface area (Å²) in [5.74, 6) is 0.282. The predicted octanol–water partition coefficient (Wildman–Crippen LogP) is 4.27. The minimum absolute atomic E-state index is 0.282. The third-order valence-corrected chi connectivity index (χ3v) is 4.42. The first-order valence-electron chi connectivity index (χ1n) is 6.66. The molecule has 1 atom stereocenters. The molecule has 0 spiro atoms. The molecular formula is C18H12CrN. The van der Waals surface area contributed by atoms with Gasteiger partial charge in [-0.1, -0.05) is 0 Å². The monoisotopic (exact) mass is 294 g/mol. The second-order valence-corrected chi connectivity index (χ2v) is 5.77. The average molecular weight is 294 g/mol. The number of hydrogen-bond acceptors (Lipinski definition) is 1. The molecule has 1 aliphatic carbocycles. The molecule has 1 heterocycles. The van der Waals surface area contributed by atoms with Crippen LogP contribution < -0.4 is 0 Å². The van der Waals surface area contributed by atoms with Crippen LogP contribution in [-0.2, 0) is 16.3 Å². The van der Waals surface area contributed by atoms with Crippen molar-refractivity contribution in [2.24, 2.45) is 0 Å². The Labute approximate surface area is 126 Å². The second-order valence-electron chi connectivity index (χ2n) is 5.03. The van der Waals surface area contributed by atoms with Gasteiger partial charge in [0, 0.05) is 0 Å². The van der Waals surface area contributed by atoms with Crippen molar-refractivity contribution in [3.63, 3.8) is 0 Å². The van der Waals surface area contributed by atoms with Crippen molar-refractivity contribution in [2.45, 2.75) is 5.92 Å². The predicted molar refractivity (Wildman–Crippen MR) is 78.0 cm³/mol. The molecule has 1 unspecified atom stereocenters. The van der Waals surface area contributed by atoms with E-state index in [1.165, 1.54) is 26.5 Å². The summed E-state index contributed by atoms with van der Waals surface area (Å²) in [6.45, 7) is 0. The van der Waals surface area contributed by atoms with Gasteiger partial charge >= 0.3 is 126 Å². The van der Waals surface area contributed by atoms with Crippen molar-refractivity contribution in [2.75, 3.05) is 0 Å². The number of pyridine rings is 1. The number of benzene rings is 2. The van der Waals surface area contributed by atoms with Crippen LogP contribution in [0.25, 0.3) is 17.0 Å². The van der Waals surface area contributed by atoms with Crippen LogP contribution in [0.1, 0.15) is 22.6 Å². The molecule has 3 aromatic rings. The van der Waals surface area contributed by atoms with Crippen LogP contribution in [0.15, 0.2) is 65.2 Å². The molecular weight excluding hydrogens is 282 g/mol. The van der Waals surface area contributed by atoms with Crippen molar-refractivity contribution < 1.29 is 16.3 Å². The van der Waals surface area contributed by atoms with Crippen LogP contribution in [0.3, 0.4) is 0 Å². The zero-order chi connectivity index (χ0) is 13.5. The van der Waals surface area contributed by atoms with E-state index < -0.39 is 0 Å². The molecule has 0 amide bonds. The maximum absolute atomic E-state index is 4.59. The molecule has 4 rings (SSSR count). The minimum atomic E-state index is 0.282. The van der Waals surface area contributed by atoms with Gasteiger partial charge in [-0.05, 0) is 0 Å². The Morgan fingerprint density at radius 2 is 1.65 bits per heavy atom. The molecule has 20 heavy (non-hydrogen) atoms. The third kappa shape index (κ3) is 1.73. The summed E-state index contributed by atoms with van der Waals surface area (Å²) in [6, 6.07) is 19.1. The fourth-order valence-corrected chi connectivity index (χ4v) is 3.57. The van der Waals surface area contributed by atoms with Gasteiger partial charge in [0.1, 0.15) is 0 Å². The first kappa shape index (κ1) is 11.9. The van der Waals surface area contributed by atoms with E-state index in [4.69, 9.17) is 0 Å². The topological polar surface area (TPSA) is 12.9 Å². The Morgan fingerprint density at radius 3 is 2.60 bits per heavy atom. The molecule has 95 valence electrons. The van der Waals surface area contributed by atoms with E-state index in [0.29, 0.717) is 0 Å². The second kappa shape index (κ2) is 4.59. The summed E-state index contributed by atoms with van der Waals surface area (Å²) in [5.41, 5.74) is 5.04. The number of rotatable bonds is 1. The van der Waals surface area contributed by atoms with Crippen molar-refractivity contribution in [3.05, 3.63) is 81.9 Å². The molecule has 2 heteroatoms. The Balaban J connectivity index is 1.99. The van der Waals surface area contributed by atoms with Crippen LogP contribution in [0.4, 0.5) is 0 Å². The van der Waals surface area contributed by atoms with Crippen LogP contribution in [0.2, 0.25) is 0 Å². The van der Waals surface area contributed by atoms with Crippen molar-refractivity contribution in [1.29, 1.82) is 0 Å². The molecule has 1 nitrogen and oxygen atoms in total. The summed E-state index contributed by atoms with van der Waals surface area (Å²) in [6.07, 6.45) is 4.11. The van der Waals surface area contributed by atoms with Crippen molar-refractivity contribution >= 4 is 17.0 Å². The standard InChI is InChI=1S/C18H12N.Cr/c1-2-8-15-13(5-1)10-11-16(15)17-9-3-6-14-7-4-12-19-18(14)17;/h1-10,12,16H;. The quantitative estimate of drug-likeness (QED) is 0.653. The molecule has 0 saturated carbocycles. The van der Waals surface area contributed by atoms with E-state index in [9.17, 15) is 0 Å². The van der Waals surface area contributed by atoms with Crippen molar-refractivity contribution in [1.82, 2.24) is 4.98 Å². The van der Waals surface area contributed by atoms with E-state index in [1.54, 1.807) is 0 Å². The summed E-state index contributed by atoms with van der Waals surface area (Å²) in [4.78, 5) is 4.59. The van der Waals surface area contributed by atoms with Gasteiger partial charge in [-0.3, -0.25) is 0 Å². The molecule has 0 saturated heterocycles. The molecule has 2 aromatic carbocycles. The van der Waals surface area contributed by atoms with E-state index in [2.05, 4.69) is 75.9 Å². The molecule has 0 radical (unpaired) electrons. The average Bonchev–Trinajstić information content (AvgIpc) is 2.82. The van der Waals surface area contributed by atoms with Gasteiger partial charge in [-0.25, -0.2) is 0 Å². The van der Waals surface area contributed by atoms with E-state index >= 15 is 0 Å². The first-order valence-corrected chi connectivity index (χ1v) is 7.29. The molecule has 0 fully saturated rings. The number of para-hydroxylation sites is 1. The number of aromatic nitrogens is 1. The van der Waals surface area contributed by atoms with Crippen molar-refractivity contribution in [3.8, 4) is 0 Å². The van der Waals surface area contributed by atoms with Crippen LogP contribution >= 0.6 is 0 Å². The normalized spacial score (nSPS) is 17.0. The van der Waals surface area contributed by atoms with Gasteiger partial charge < -0.3 is 0 Å². The van der Waals surface area contributed by atoms with E-state index in [0.717, 1.165) is 5.52 Å².